The minimum atomic E-state index is -4.19. The molecule has 2 heterocycles. The highest BCUT2D eigenvalue weighted by atomic mass is 19.4. The number of halogens is 3. The molecule has 1 fully saturated rings. The van der Waals surface area contributed by atoms with Crippen LogP contribution < -0.4 is 9.64 Å². The van der Waals surface area contributed by atoms with Gasteiger partial charge < -0.3 is 14.2 Å². The highest BCUT2D eigenvalue weighted by molar-refractivity contribution is 5.58. The Hall–Kier alpha value is -2.29. The standard InChI is InChI=1S/C16H19F3N4O2/c1-11-9-22(6-7-23(11)10-16(17,18)19)15-20-14(21-25-15)12-4-3-5-13(8-12)24-2/h3-5,8,11H,6-7,9-10H2,1-2H3. The molecule has 1 aromatic heterocycles. The molecule has 0 bridgehead atoms. The molecule has 1 aliphatic heterocycles. The average molecular weight is 356 g/mol. The fraction of sp³-hybridized carbons (Fsp3) is 0.500. The highest BCUT2D eigenvalue weighted by Crippen LogP contribution is 2.26. The van der Waals surface area contributed by atoms with E-state index in [1.54, 1.807) is 20.1 Å². The quantitative estimate of drug-likeness (QED) is 0.840. The van der Waals surface area contributed by atoms with E-state index in [0.717, 1.165) is 5.56 Å². The number of anilines is 1. The Bertz CT molecular complexity index is 719. The van der Waals surface area contributed by atoms with Crippen LogP contribution in [0.2, 0.25) is 0 Å². The first kappa shape index (κ1) is 17.5. The summed E-state index contributed by atoms with van der Waals surface area (Å²) in [6, 6.07) is 7.31. The zero-order valence-electron chi connectivity index (χ0n) is 14.0. The second kappa shape index (κ2) is 6.91. The van der Waals surface area contributed by atoms with E-state index in [2.05, 4.69) is 10.1 Å². The molecular weight excluding hydrogens is 337 g/mol. The maximum Gasteiger partial charge on any atom is 0.401 e. The predicted molar refractivity (Wildman–Crippen MR) is 85.6 cm³/mol. The van der Waals surface area contributed by atoms with Crippen molar-refractivity contribution in [3.05, 3.63) is 24.3 Å². The third kappa shape index (κ3) is 4.22. The van der Waals surface area contributed by atoms with Gasteiger partial charge in [0, 0.05) is 31.2 Å². The van der Waals surface area contributed by atoms with Gasteiger partial charge in [-0.05, 0) is 19.1 Å². The Kier molecular flexibility index (Phi) is 4.85. The first-order valence-corrected chi connectivity index (χ1v) is 7.89. The van der Waals surface area contributed by atoms with Crippen molar-refractivity contribution in [3.63, 3.8) is 0 Å². The maximum atomic E-state index is 12.6. The molecule has 1 aliphatic rings. The number of piperazine rings is 1. The third-order valence-corrected chi connectivity index (χ3v) is 4.16. The summed E-state index contributed by atoms with van der Waals surface area (Å²) in [7, 11) is 1.57. The second-order valence-corrected chi connectivity index (χ2v) is 6.01. The molecule has 25 heavy (non-hydrogen) atoms. The Morgan fingerprint density at radius 2 is 2.12 bits per heavy atom. The Labute approximate surface area is 143 Å². The van der Waals surface area contributed by atoms with E-state index in [9.17, 15) is 13.2 Å². The molecular formula is C16H19F3N4O2. The van der Waals surface area contributed by atoms with Gasteiger partial charge in [-0.1, -0.05) is 17.3 Å². The van der Waals surface area contributed by atoms with Crippen molar-refractivity contribution in [2.75, 3.05) is 38.2 Å². The first-order valence-electron chi connectivity index (χ1n) is 7.89. The number of aromatic nitrogens is 2. The summed E-state index contributed by atoms with van der Waals surface area (Å²) in [5, 5.41) is 3.96. The number of hydrogen-bond donors (Lipinski definition) is 0. The SMILES string of the molecule is COc1cccc(-c2noc(N3CCN(CC(F)(F)F)C(C)C3)n2)c1. The van der Waals surface area contributed by atoms with Crippen molar-refractivity contribution in [2.24, 2.45) is 0 Å². The summed E-state index contributed by atoms with van der Waals surface area (Å²) >= 11 is 0. The van der Waals surface area contributed by atoms with E-state index < -0.39 is 12.7 Å². The van der Waals surface area contributed by atoms with Crippen LogP contribution in [-0.4, -0.2) is 60.5 Å². The number of hydrogen-bond acceptors (Lipinski definition) is 6. The maximum absolute atomic E-state index is 12.6. The molecule has 1 atom stereocenters. The first-order chi connectivity index (χ1) is 11.9. The van der Waals surface area contributed by atoms with Gasteiger partial charge in [-0.25, -0.2) is 0 Å². The van der Waals surface area contributed by atoms with E-state index in [4.69, 9.17) is 9.26 Å². The van der Waals surface area contributed by atoms with Gasteiger partial charge in [0.15, 0.2) is 0 Å². The van der Waals surface area contributed by atoms with Crippen molar-refractivity contribution >= 4 is 6.01 Å². The molecule has 1 saturated heterocycles. The van der Waals surface area contributed by atoms with Gasteiger partial charge in [0.05, 0.1) is 13.7 Å². The summed E-state index contributed by atoms with van der Waals surface area (Å²) in [6.07, 6.45) is -4.19. The predicted octanol–water partition coefficient (Wildman–Crippen LogP) is 2.82. The highest BCUT2D eigenvalue weighted by Gasteiger charge is 2.36. The molecule has 0 spiro atoms. The molecule has 0 aliphatic carbocycles. The van der Waals surface area contributed by atoms with E-state index >= 15 is 0 Å². The number of ether oxygens (including phenoxy) is 1. The second-order valence-electron chi connectivity index (χ2n) is 6.01. The molecule has 9 heteroatoms. The van der Waals surface area contributed by atoms with Crippen molar-refractivity contribution in [2.45, 2.75) is 19.1 Å². The summed E-state index contributed by atoms with van der Waals surface area (Å²) in [5.74, 6) is 1.09. The van der Waals surface area contributed by atoms with Gasteiger partial charge >= 0.3 is 12.2 Å². The Morgan fingerprint density at radius 1 is 1.32 bits per heavy atom. The van der Waals surface area contributed by atoms with Gasteiger partial charge in [-0.15, -0.1) is 0 Å². The van der Waals surface area contributed by atoms with Crippen LogP contribution in [0.25, 0.3) is 11.4 Å². The largest absolute Gasteiger partial charge is 0.497 e. The normalized spacial score (nSPS) is 19.2. The lowest BCUT2D eigenvalue weighted by atomic mass is 10.2. The van der Waals surface area contributed by atoms with Crippen LogP contribution >= 0.6 is 0 Å². The van der Waals surface area contributed by atoms with Crippen LogP contribution in [0.5, 0.6) is 5.75 Å². The van der Waals surface area contributed by atoms with Crippen LogP contribution in [-0.2, 0) is 0 Å². The average Bonchev–Trinajstić information content (AvgIpc) is 3.06. The minimum Gasteiger partial charge on any atom is -0.497 e. The van der Waals surface area contributed by atoms with Gasteiger partial charge in [0.25, 0.3) is 0 Å². The van der Waals surface area contributed by atoms with Crippen LogP contribution in [0.15, 0.2) is 28.8 Å². The summed E-state index contributed by atoms with van der Waals surface area (Å²) in [5.41, 5.74) is 0.748. The van der Waals surface area contributed by atoms with Crippen molar-refractivity contribution in [1.29, 1.82) is 0 Å². The van der Waals surface area contributed by atoms with Gasteiger partial charge in [-0.3, -0.25) is 4.90 Å². The van der Waals surface area contributed by atoms with Gasteiger partial charge in [0.2, 0.25) is 5.82 Å². The smallest absolute Gasteiger partial charge is 0.401 e. The Morgan fingerprint density at radius 3 is 2.80 bits per heavy atom. The van der Waals surface area contributed by atoms with E-state index in [0.29, 0.717) is 30.7 Å². The van der Waals surface area contributed by atoms with Gasteiger partial charge in [0.1, 0.15) is 5.75 Å². The van der Waals surface area contributed by atoms with Crippen LogP contribution in [0.4, 0.5) is 19.2 Å². The van der Waals surface area contributed by atoms with Gasteiger partial charge in [-0.2, -0.15) is 18.2 Å². The lowest BCUT2D eigenvalue weighted by Gasteiger charge is -2.39. The molecule has 0 radical (unpaired) electrons. The number of nitrogens with zero attached hydrogens (tertiary/aromatic N) is 4. The summed E-state index contributed by atoms with van der Waals surface area (Å²) < 4.78 is 48.2. The lowest BCUT2D eigenvalue weighted by molar-refractivity contribution is -0.150. The summed E-state index contributed by atoms with van der Waals surface area (Å²) in [6.45, 7) is 1.95. The van der Waals surface area contributed by atoms with Crippen molar-refractivity contribution in [1.82, 2.24) is 15.0 Å². The minimum absolute atomic E-state index is 0.262. The number of methoxy groups -OCH3 is 1. The molecule has 0 N–H and O–H groups in total. The molecule has 0 amide bonds. The molecule has 0 saturated carbocycles. The van der Waals surface area contributed by atoms with E-state index in [-0.39, 0.29) is 12.6 Å². The lowest BCUT2D eigenvalue weighted by Crippen LogP contribution is -2.54. The van der Waals surface area contributed by atoms with Crippen molar-refractivity contribution < 1.29 is 22.4 Å². The summed E-state index contributed by atoms with van der Waals surface area (Å²) in [4.78, 5) is 7.59. The third-order valence-electron chi connectivity index (χ3n) is 4.16. The fourth-order valence-corrected chi connectivity index (χ4v) is 2.86. The van der Waals surface area contributed by atoms with Crippen LogP contribution in [0, 0.1) is 0 Å². The van der Waals surface area contributed by atoms with Crippen molar-refractivity contribution in [3.8, 4) is 17.1 Å². The molecule has 1 aromatic carbocycles. The Balaban J connectivity index is 1.69. The van der Waals surface area contributed by atoms with Crippen LogP contribution in [0.1, 0.15) is 6.92 Å². The monoisotopic (exact) mass is 356 g/mol. The molecule has 136 valence electrons. The number of alkyl halides is 3. The molecule has 1 unspecified atom stereocenters. The fourth-order valence-electron chi connectivity index (χ4n) is 2.86. The van der Waals surface area contributed by atoms with E-state index in [1.165, 1.54) is 4.90 Å². The van der Waals surface area contributed by atoms with E-state index in [1.807, 2.05) is 23.1 Å². The number of rotatable bonds is 4. The molecule has 6 nitrogen and oxygen atoms in total. The topological polar surface area (TPSA) is 54.6 Å². The zero-order valence-corrected chi connectivity index (χ0v) is 14.0. The zero-order chi connectivity index (χ0) is 18.0. The molecule has 3 rings (SSSR count). The molecule has 2 aromatic rings. The number of benzene rings is 1. The van der Waals surface area contributed by atoms with Crippen LogP contribution in [0.3, 0.4) is 0 Å².